The van der Waals surface area contributed by atoms with Gasteiger partial charge in [0.15, 0.2) is 11.9 Å². The number of nitrogens with zero attached hydrogens (tertiary/aromatic N) is 1. The monoisotopic (exact) mass is 743 g/mol. The fraction of sp³-hybridized carbons (Fsp3) is 0.556. The second kappa shape index (κ2) is 21.5. The molecule has 0 bridgehead atoms. The summed E-state index contributed by atoms with van der Waals surface area (Å²) >= 11 is 0. The van der Waals surface area contributed by atoms with Crippen LogP contribution < -0.4 is 0 Å². The van der Waals surface area contributed by atoms with Crippen LogP contribution in [0.4, 0.5) is 4.79 Å². The van der Waals surface area contributed by atoms with Gasteiger partial charge in [-0.15, -0.1) is 0 Å². The summed E-state index contributed by atoms with van der Waals surface area (Å²) < 4.78 is 36.6. The minimum Gasteiger partial charge on any atom is -0.443 e. The summed E-state index contributed by atoms with van der Waals surface area (Å²) in [6.07, 6.45) is 8.43. The van der Waals surface area contributed by atoms with E-state index in [0.29, 0.717) is 39.5 Å². The molecule has 0 N–H and O–H groups in total. The number of hydrogen-bond acceptors (Lipinski definition) is 8. The first-order chi connectivity index (χ1) is 26.2. The van der Waals surface area contributed by atoms with Crippen LogP contribution >= 0.6 is 0 Å². The molecule has 2 aliphatic rings. The van der Waals surface area contributed by atoms with Gasteiger partial charge < -0.3 is 28.4 Å². The Balaban J connectivity index is 1.08. The van der Waals surface area contributed by atoms with Gasteiger partial charge in [-0.25, -0.2) is 9.69 Å². The minimum atomic E-state index is -0.927. The molecule has 3 aromatic carbocycles. The average Bonchev–Trinajstić information content (AvgIpc) is 3.74. The predicted octanol–water partition coefficient (Wildman–Crippen LogP) is 9.55. The summed E-state index contributed by atoms with van der Waals surface area (Å²) in [6.45, 7) is 8.60. The Morgan fingerprint density at radius 1 is 0.685 bits per heavy atom. The van der Waals surface area contributed by atoms with Crippen LogP contribution in [0.3, 0.4) is 0 Å². The molecule has 0 saturated carbocycles. The number of benzene rings is 3. The number of rotatable bonds is 22. The van der Waals surface area contributed by atoms with Crippen molar-refractivity contribution in [2.45, 2.75) is 141 Å². The number of carbonyl (C=O) groups is 2. The number of carbonyl (C=O) groups excluding carboxylic acids is 2. The van der Waals surface area contributed by atoms with Crippen molar-refractivity contribution in [3.05, 3.63) is 108 Å². The summed E-state index contributed by atoms with van der Waals surface area (Å²) in [4.78, 5) is 28.8. The second-order valence-electron chi connectivity index (χ2n) is 15.5. The number of hydrogen-bond donors (Lipinski definition) is 0. The van der Waals surface area contributed by atoms with Crippen molar-refractivity contribution in [2.24, 2.45) is 0 Å². The average molecular weight is 744 g/mol. The number of imide groups is 1. The number of unbranched alkanes of at least 4 members (excludes halogenated alkanes) is 6. The molecular weight excluding hydrogens is 682 g/mol. The van der Waals surface area contributed by atoms with Gasteiger partial charge in [0.25, 0.3) is 5.91 Å². The normalized spacial score (nSPS) is 19.7. The molecule has 2 fully saturated rings. The highest BCUT2D eigenvalue weighted by Crippen LogP contribution is 2.33. The molecule has 2 aliphatic heterocycles. The SMILES string of the molecule is CC(C)(C)OC(=O)N1C(=O)[C@@H](OCc2ccccc2)[C@H](OCc2ccccc2)[C@H]1CCCCCCCCCC1(CCCOCc2ccccc2)OCCO1. The van der Waals surface area contributed by atoms with Gasteiger partial charge >= 0.3 is 6.09 Å². The molecule has 54 heavy (non-hydrogen) atoms. The fourth-order valence-corrected chi connectivity index (χ4v) is 7.26. The Hall–Kier alpha value is -3.60. The van der Waals surface area contributed by atoms with Gasteiger partial charge in [-0.3, -0.25) is 4.79 Å². The van der Waals surface area contributed by atoms with E-state index in [0.717, 1.165) is 75.3 Å². The van der Waals surface area contributed by atoms with Gasteiger partial charge in [0.2, 0.25) is 0 Å². The maximum Gasteiger partial charge on any atom is 0.417 e. The zero-order valence-corrected chi connectivity index (χ0v) is 32.6. The molecule has 0 aliphatic carbocycles. The largest absolute Gasteiger partial charge is 0.443 e. The number of amides is 2. The molecule has 5 rings (SSSR count). The first-order valence-corrected chi connectivity index (χ1v) is 20.0. The van der Waals surface area contributed by atoms with Crippen molar-refractivity contribution < 1.29 is 38.0 Å². The molecule has 2 amide bonds. The second-order valence-corrected chi connectivity index (χ2v) is 15.5. The zero-order valence-electron chi connectivity index (χ0n) is 32.6. The molecule has 294 valence electrons. The third kappa shape index (κ3) is 13.3. The summed E-state index contributed by atoms with van der Waals surface area (Å²) in [5, 5.41) is 0. The van der Waals surface area contributed by atoms with E-state index in [-0.39, 0.29) is 6.61 Å². The van der Waals surface area contributed by atoms with Crippen molar-refractivity contribution in [1.82, 2.24) is 4.90 Å². The predicted molar refractivity (Wildman–Crippen MR) is 208 cm³/mol. The standard InChI is InChI=1S/C45H61NO8/c1-44(2,3)54-43(48)46-39(40(50-34-37-23-14-10-15-24-37)41(42(46)47)51-35-38-25-16-11-17-26-38)27-18-7-5-4-6-8-19-28-45(52-31-32-53-45)29-20-30-49-33-36-21-12-9-13-22-36/h9-17,21-26,39-41H,4-8,18-20,27-35H2,1-3H3/t39-,40-,41+/m1/s1. The van der Waals surface area contributed by atoms with Gasteiger partial charge in [0.1, 0.15) is 11.7 Å². The van der Waals surface area contributed by atoms with E-state index in [1.165, 1.54) is 10.5 Å². The van der Waals surface area contributed by atoms with E-state index in [9.17, 15) is 9.59 Å². The van der Waals surface area contributed by atoms with E-state index in [2.05, 4.69) is 12.1 Å². The van der Waals surface area contributed by atoms with E-state index in [1.54, 1.807) is 0 Å². The first-order valence-electron chi connectivity index (χ1n) is 20.0. The highest BCUT2D eigenvalue weighted by molar-refractivity contribution is 5.97. The summed E-state index contributed by atoms with van der Waals surface area (Å²) in [6, 6.07) is 29.4. The fourth-order valence-electron chi connectivity index (χ4n) is 7.26. The van der Waals surface area contributed by atoms with E-state index >= 15 is 0 Å². The Labute approximate surface area is 322 Å². The molecule has 0 radical (unpaired) electrons. The van der Waals surface area contributed by atoms with Crippen LogP contribution in [0.25, 0.3) is 0 Å². The van der Waals surface area contributed by atoms with Crippen molar-refractivity contribution in [3.63, 3.8) is 0 Å². The third-order valence-electron chi connectivity index (χ3n) is 9.97. The van der Waals surface area contributed by atoms with Gasteiger partial charge in [0.05, 0.1) is 39.1 Å². The maximum absolute atomic E-state index is 14.0. The van der Waals surface area contributed by atoms with Gasteiger partial charge in [0, 0.05) is 19.4 Å². The number of ether oxygens (including phenoxy) is 6. The van der Waals surface area contributed by atoms with E-state index < -0.39 is 41.6 Å². The Morgan fingerprint density at radius 2 is 1.19 bits per heavy atom. The topological polar surface area (TPSA) is 92.8 Å². The smallest absolute Gasteiger partial charge is 0.417 e. The summed E-state index contributed by atoms with van der Waals surface area (Å²) in [5.41, 5.74) is 2.37. The number of likely N-dealkylation sites (tertiary alicyclic amines) is 1. The quantitative estimate of drug-likeness (QED) is 0.0940. The van der Waals surface area contributed by atoms with Crippen molar-refractivity contribution in [3.8, 4) is 0 Å². The minimum absolute atomic E-state index is 0.236. The summed E-state index contributed by atoms with van der Waals surface area (Å²) in [7, 11) is 0. The van der Waals surface area contributed by atoms with Crippen LogP contribution in [0, 0.1) is 0 Å². The molecule has 2 heterocycles. The van der Waals surface area contributed by atoms with Crippen molar-refractivity contribution in [1.29, 1.82) is 0 Å². The first kappa shape index (κ1) is 41.6. The molecule has 3 aromatic rings. The van der Waals surface area contributed by atoms with Crippen molar-refractivity contribution >= 4 is 12.0 Å². The zero-order chi connectivity index (χ0) is 38.1. The van der Waals surface area contributed by atoms with Crippen LogP contribution in [0.5, 0.6) is 0 Å². The molecule has 0 unspecified atom stereocenters. The lowest BCUT2D eigenvalue weighted by Gasteiger charge is -2.29. The van der Waals surface area contributed by atoms with Crippen LogP contribution in [0.1, 0.15) is 108 Å². The van der Waals surface area contributed by atoms with Gasteiger partial charge in [-0.05, 0) is 56.7 Å². The Morgan fingerprint density at radius 3 is 1.76 bits per heavy atom. The lowest BCUT2D eigenvalue weighted by Crippen LogP contribution is -2.44. The molecule has 0 aromatic heterocycles. The van der Waals surface area contributed by atoms with Crippen LogP contribution in [-0.2, 0) is 53.0 Å². The highest BCUT2D eigenvalue weighted by atomic mass is 16.7. The lowest BCUT2D eigenvalue weighted by atomic mass is 9.99. The van der Waals surface area contributed by atoms with E-state index in [1.807, 2.05) is 99.6 Å². The van der Waals surface area contributed by atoms with E-state index in [4.69, 9.17) is 28.4 Å². The third-order valence-corrected chi connectivity index (χ3v) is 9.97. The lowest BCUT2D eigenvalue weighted by molar-refractivity contribution is -0.170. The highest BCUT2D eigenvalue weighted by Gasteiger charge is 2.53. The maximum atomic E-state index is 14.0. The van der Waals surface area contributed by atoms with Crippen molar-refractivity contribution in [2.75, 3.05) is 19.8 Å². The molecule has 2 saturated heterocycles. The molecular formula is C45H61NO8. The molecule has 9 nitrogen and oxygen atoms in total. The molecule has 9 heteroatoms. The van der Waals surface area contributed by atoms with Crippen LogP contribution in [-0.4, -0.2) is 66.4 Å². The Kier molecular flexibility index (Phi) is 16.5. The Bertz CT molecular complexity index is 1510. The van der Waals surface area contributed by atoms with Crippen LogP contribution in [0.15, 0.2) is 91.0 Å². The van der Waals surface area contributed by atoms with Gasteiger partial charge in [-0.1, -0.05) is 130 Å². The van der Waals surface area contributed by atoms with Gasteiger partial charge in [-0.2, -0.15) is 0 Å². The molecule has 0 spiro atoms. The summed E-state index contributed by atoms with van der Waals surface area (Å²) in [5.74, 6) is -0.882. The molecule has 3 atom stereocenters. The van der Waals surface area contributed by atoms with Crippen LogP contribution in [0.2, 0.25) is 0 Å².